The first kappa shape index (κ1) is 11.7. The highest BCUT2D eigenvalue weighted by atomic mass is 16.5. The molecule has 0 saturated heterocycles. The van der Waals surface area contributed by atoms with Gasteiger partial charge in [-0.15, -0.1) is 0 Å². The number of hydrogen-bond acceptors (Lipinski definition) is 3. The lowest BCUT2D eigenvalue weighted by Crippen LogP contribution is -2.42. The number of aliphatic hydroxyl groups excluding tert-OH is 1. The summed E-state index contributed by atoms with van der Waals surface area (Å²) in [4.78, 5) is 10.4. The number of rotatable bonds is 3. The van der Waals surface area contributed by atoms with Gasteiger partial charge >= 0.3 is 6.09 Å². The molecule has 2 saturated carbocycles. The maximum absolute atomic E-state index is 10.4. The number of hydrogen-bond donors (Lipinski definition) is 3. The van der Waals surface area contributed by atoms with Gasteiger partial charge < -0.3 is 20.3 Å². The number of amides is 1. The number of nitrogens with one attached hydrogen (secondary N) is 1. The highest BCUT2D eigenvalue weighted by molar-refractivity contribution is 5.64. The van der Waals surface area contributed by atoms with Crippen LogP contribution < -0.4 is 5.32 Å². The zero-order chi connectivity index (χ0) is 11.5. The monoisotopic (exact) mass is 229 g/mol. The lowest BCUT2D eigenvalue weighted by atomic mass is 9.89. The molecule has 16 heavy (non-hydrogen) atoms. The number of ether oxygens (including phenoxy) is 1. The molecule has 0 radical (unpaired) electrons. The molecule has 0 aromatic carbocycles. The molecule has 0 aromatic heterocycles. The molecule has 0 aliphatic heterocycles. The molecule has 5 nitrogen and oxygen atoms in total. The second-order valence-electron chi connectivity index (χ2n) is 4.81. The van der Waals surface area contributed by atoms with Crippen LogP contribution in [0.15, 0.2) is 0 Å². The summed E-state index contributed by atoms with van der Waals surface area (Å²) >= 11 is 0. The Kier molecular flexibility index (Phi) is 3.66. The van der Waals surface area contributed by atoms with Crippen molar-refractivity contribution in [3.8, 4) is 0 Å². The Hall–Kier alpha value is -0.810. The molecule has 0 spiro atoms. The van der Waals surface area contributed by atoms with Crippen molar-refractivity contribution >= 4 is 6.09 Å². The van der Waals surface area contributed by atoms with Gasteiger partial charge in [0.2, 0.25) is 0 Å². The molecule has 0 aromatic rings. The van der Waals surface area contributed by atoms with E-state index in [4.69, 9.17) is 14.9 Å². The fourth-order valence-electron chi connectivity index (χ4n) is 2.44. The van der Waals surface area contributed by atoms with Gasteiger partial charge in [0, 0.05) is 6.04 Å². The van der Waals surface area contributed by atoms with E-state index < -0.39 is 6.09 Å². The lowest BCUT2D eigenvalue weighted by molar-refractivity contribution is -0.113. The zero-order valence-corrected chi connectivity index (χ0v) is 9.26. The predicted octanol–water partition coefficient (Wildman–Crippen LogP) is 1.11. The average Bonchev–Trinajstić information content (AvgIpc) is 2.18. The van der Waals surface area contributed by atoms with Crippen LogP contribution in [-0.4, -0.2) is 40.7 Å². The van der Waals surface area contributed by atoms with Crippen LogP contribution >= 0.6 is 0 Å². The fourth-order valence-corrected chi connectivity index (χ4v) is 2.44. The van der Waals surface area contributed by atoms with Crippen LogP contribution in [0, 0.1) is 0 Å². The first-order valence-electron chi connectivity index (χ1n) is 5.96. The Morgan fingerprint density at radius 3 is 2.25 bits per heavy atom. The minimum atomic E-state index is -0.938. The van der Waals surface area contributed by atoms with Crippen LogP contribution in [-0.2, 0) is 4.74 Å². The van der Waals surface area contributed by atoms with Crippen molar-refractivity contribution in [2.24, 2.45) is 0 Å². The summed E-state index contributed by atoms with van der Waals surface area (Å²) in [5.74, 6) is 0. The minimum absolute atomic E-state index is 0.0873. The maximum Gasteiger partial charge on any atom is 0.404 e. The van der Waals surface area contributed by atoms with E-state index in [2.05, 4.69) is 5.32 Å². The first-order chi connectivity index (χ1) is 7.63. The average molecular weight is 229 g/mol. The normalized spacial score (nSPS) is 38.8. The Balaban J connectivity index is 1.63. The van der Waals surface area contributed by atoms with E-state index in [0.29, 0.717) is 0 Å². The van der Waals surface area contributed by atoms with Crippen molar-refractivity contribution in [2.45, 2.75) is 62.9 Å². The van der Waals surface area contributed by atoms with Crippen LogP contribution in [0.5, 0.6) is 0 Å². The largest absolute Gasteiger partial charge is 0.465 e. The van der Waals surface area contributed by atoms with Crippen molar-refractivity contribution in [3.63, 3.8) is 0 Å². The van der Waals surface area contributed by atoms with Gasteiger partial charge in [0.1, 0.15) is 0 Å². The Bertz CT molecular complexity index is 244. The van der Waals surface area contributed by atoms with Gasteiger partial charge in [-0.2, -0.15) is 0 Å². The molecule has 2 fully saturated rings. The van der Waals surface area contributed by atoms with E-state index in [1.54, 1.807) is 0 Å². The van der Waals surface area contributed by atoms with E-state index in [9.17, 15) is 4.79 Å². The van der Waals surface area contributed by atoms with E-state index in [0.717, 1.165) is 38.5 Å². The summed E-state index contributed by atoms with van der Waals surface area (Å²) in [6.45, 7) is 0. The smallest absolute Gasteiger partial charge is 0.404 e. The molecule has 0 heterocycles. The van der Waals surface area contributed by atoms with E-state index in [1.165, 1.54) is 0 Å². The second kappa shape index (κ2) is 5.01. The number of aliphatic hydroxyl groups is 1. The highest BCUT2D eigenvalue weighted by Gasteiger charge is 2.32. The van der Waals surface area contributed by atoms with Gasteiger partial charge in [0.25, 0.3) is 0 Å². The summed E-state index contributed by atoms with van der Waals surface area (Å²) < 4.78 is 5.82. The van der Waals surface area contributed by atoms with Crippen molar-refractivity contribution in [1.82, 2.24) is 5.32 Å². The van der Waals surface area contributed by atoms with E-state index >= 15 is 0 Å². The lowest BCUT2D eigenvalue weighted by Gasteiger charge is -2.37. The first-order valence-corrected chi connectivity index (χ1v) is 5.96. The SMILES string of the molecule is O=C(O)NC1CCC(O[C@H]2C[C@@H](O)C2)CC1. The Morgan fingerprint density at radius 1 is 1.12 bits per heavy atom. The van der Waals surface area contributed by atoms with Gasteiger partial charge in [-0.05, 0) is 38.5 Å². The fraction of sp³-hybridized carbons (Fsp3) is 0.909. The van der Waals surface area contributed by atoms with Gasteiger partial charge in [-0.3, -0.25) is 0 Å². The highest BCUT2D eigenvalue weighted by Crippen LogP contribution is 2.29. The third-order valence-electron chi connectivity index (χ3n) is 3.46. The van der Waals surface area contributed by atoms with Crippen LogP contribution in [0.25, 0.3) is 0 Å². The van der Waals surface area contributed by atoms with Crippen molar-refractivity contribution < 1.29 is 19.7 Å². The summed E-state index contributed by atoms with van der Waals surface area (Å²) in [6, 6.07) is 0.0873. The van der Waals surface area contributed by atoms with Crippen molar-refractivity contribution in [1.29, 1.82) is 0 Å². The van der Waals surface area contributed by atoms with E-state index in [-0.39, 0.29) is 24.4 Å². The molecular weight excluding hydrogens is 210 g/mol. The molecule has 2 aliphatic rings. The van der Waals surface area contributed by atoms with Crippen molar-refractivity contribution in [2.75, 3.05) is 0 Å². The topological polar surface area (TPSA) is 78.8 Å². The molecule has 92 valence electrons. The van der Waals surface area contributed by atoms with Crippen LogP contribution in [0.3, 0.4) is 0 Å². The van der Waals surface area contributed by atoms with Gasteiger partial charge in [0.15, 0.2) is 0 Å². The summed E-state index contributed by atoms with van der Waals surface area (Å²) in [5.41, 5.74) is 0. The summed E-state index contributed by atoms with van der Waals surface area (Å²) in [5, 5.41) is 20.2. The molecule has 3 N–H and O–H groups in total. The molecule has 2 rings (SSSR count). The Morgan fingerprint density at radius 2 is 1.75 bits per heavy atom. The zero-order valence-electron chi connectivity index (χ0n) is 9.26. The quantitative estimate of drug-likeness (QED) is 0.677. The predicted molar refractivity (Wildman–Crippen MR) is 57.3 cm³/mol. The van der Waals surface area contributed by atoms with Crippen LogP contribution in [0.2, 0.25) is 0 Å². The molecular formula is C11H19NO4. The van der Waals surface area contributed by atoms with Crippen molar-refractivity contribution in [3.05, 3.63) is 0 Å². The van der Waals surface area contributed by atoms with E-state index in [1.807, 2.05) is 0 Å². The summed E-state index contributed by atoms with van der Waals surface area (Å²) in [7, 11) is 0. The van der Waals surface area contributed by atoms with Gasteiger partial charge in [-0.25, -0.2) is 4.79 Å². The molecule has 0 bridgehead atoms. The Labute approximate surface area is 94.8 Å². The molecule has 5 heteroatoms. The molecule has 2 aliphatic carbocycles. The third-order valence-corrected chi connectivity index (χ3v) is 3.46. The number of carboxylic acid groups (broad SMARTS) is 1. The van der Waals surface area contributed by atoms with Gasteiger partial charge in [0.05, 0.1) is 18.3 Å². The van der Waals surface area contributed by atoms with Gasteiger partial charge in [-0.1, -0.05) is 0 Å². The minimum Gasteiger partial charge on any atom is -0.465 e. The van der Waals surface area contributed by atoms with Crippen LogP contribution in [0.4, 0.5) is 4.79 Å². The standard InChI is InChI=1S/C11H19NO4/c13-8-5-10(6-8)16-9-3-1-7(2-4-9)12-11(14)15/h7-10,12-13H,1-6H2,(H,14,15)/t7?,8-,9?,10+. The molecule has 1 amide bonds. The third kappa shape index (κ3) is 3.09. The second-order valence-corrected chi connectivity index (χ2v) is 4.81. The molecule has 0 unspecified atom stereocenters. The maximum atomic E-state index is 10.4. The van der Waals surface area contributed by atoms with Crippen LogP contribution in [0.1, 0.15) is 38.5 Å². The number of carbonyl (C=O) groups is 1. The molecule has 0 atom stereocenters. The summed E-state index contributed by atoms with van der Waals surface area (Å²) in [6.07, 6.45) is 4.42.